The van der Waals surface area contributed by atoms with Gasteiger partial charge in [-0.1, -0.05) is 24.3 Å². The van der Waals surface area contributed by atoms with Crippen molar-refractivity contribution in [1.82, 2.24) is 14.3 Å². The first-order valence-electron chi connectivity index (χ1n) is 8.79. The molecule has 3 aromatic rings. The first-order valence-corrected chi connectivity index (χ1v) is 8.79. The van der Waals surface area contributed by atoms with Gasteiger partial charge in [0, 0.05) is 31.4 Å². The summed E-state index contributed by atoms with van der Waals surface area (Å²) in [7, 11) is 0. The molecule has 0 atom stereocenters. The van der Waals surface area contributed by atoms with Crippen LogP contribution in [0.2, 0.25) is 0 Å². The third-order valence-electron chi connectivity index (χ3n) is 4.94. The summed E-state index contributed by atoms with van der Waals surface area (Å²) < 4.78 is 2.03. The number of imidazole rings is 1. The molecule has 5 heteroatoms. The van der Waals surface area contributed by atoms with Crippen molar-refractivity contribution in [1.29, 1.82) is 0 Å². The molecule has 0 saturated carbocycles. The van der Waals surface area contributed by atoms with Crippen molar-refractivity contribution >= 4 is 5.65 Å². The summed E-state index contributed by atoms with van der Waals surface area (Å²) in [6.07, 6.45) is 5.40. The second-order valence-electron chi connectivity index (χ2n) is 6.77. The minimum atomic E-state index is -0.138. The molecule has 1 saturated heterocycles. The van der Waals surface area contributed by atoms with Gasteiger partial charge in [0.2, 0.25) is 0 Å². The van der Waals surface area contributed by atoms with Crippen LogP contribution in [0.4, 0.5) is 0 Å². The predicted octanol–water partition coefficient (Wildman–Crippen LogP) is 2.45. The van der Waals surface area contributed by atoms with Crippen LogP contribution >= 0.6 is 0 Å². The molecule has 1 aromatic carbocycles. The van der Waals surface area contributed by atoms with Gasteiger partial charge in [0.05, 0.1) is 24.6 Å². The number of aliphatic hydroxyl groups excluding tert-OH is 2. The van der Waals surface area contributed by atoms with Crippen LogP contribution in [0.3, 0.4) is 0 Å². The molecule has 0 aliphatic carbocycles. The van der Waals surface area contributed by atoms with E-state index >= 15 is 0 Å². The van der Waals surface area contributed by atoms with E-state index in [4.69, 9.17) is 0 Å². The van der Waals surface area contributed by atoms with Gasteiger partial charge in [0.1, 0.15) is 5.65 Å². The number of piperidine rings is 1. The molecule has 25 heavy (non-hydrogen) atoms. The Hall–Kier alpha value is -2.21. The number of hydrogen-bond donors (Lipinski definition) is 2. The second kappa shape index (κ2) is 6.96. The number of hydrogen-bond acceptors (Lipinski definition) is 4. The van der Waals surface area contributed by atoms with Crippen molar-refractivity contribution < 1.29 is 10.2 Å². The van der Waals surface area contributed by atoms with E-state index in [0.717, 1.165) is 54.9 Å². The van der Waals surface area contributed by atoms with Crippen molar-refractivity contribution in [2.24, 2.45) is 0 Å². The number of nitrogens with zero attached hydrogens (tertiary/aromatic N) is 3. The largest absolute Gasteiger partial charge is 0.393 e. The van der Waals surface area contributed by atoms with Gasteiger partial charge in [-0.15, -0.1) is 0 Å². The van der Waals surface area contributed by atoms with E-state index in [-0.39, 0.29) is 12.7 Å². The monoisotopic (exact) mass is 337 g/mol. The Kier molecular flexibility index (Phi) is 4.53. The Labute approximate surface area is 147 Å². The molecule has 2 aromatic heterocycles. The van der Waals surface area contributed by atoms with Crippen molar-refractivity contribution in [3.05, 3.63) is 59.9 Å². The highest BCUT2D eigenvalue weighted by Crippen LogP contribution is 2.23. The van der Waals surface area contributed by atoms with E-state index in [2.05, 4.69) is 34.1 Å². The lowest BCUT2D eigenvalue weighted by Gasteiger charge is -2.29. The lowest BCUT2D eigenvalue weighted by Crippen LogP contribution is -2.35. The standard InChI is InChI=1S/C20H23N3O2/c24-14-16-4-5-20-21-11-19(23(20)13-16)17-3-1-2-15(10-17)12-22-8-6-18(25)7-9-22/h1-5,10-11,13,18,24-25H,6-9,12,14H2. The molecule has 0 radical (unpaired) electrons. The third-order valence-corrected chi connectivity index (χ3v) is 4.94. The minimum Gasteiger partial charge on any atom is -0.393 e. The highest BCUT2D eigenvalue weighted by Gasteiger charge is 2.17. The molecule has 0 unspecified atom stereocenters. The van der Waals surface area contributed by atoms with E-state index in [1.165, 1.54) is 5.56 Å². The molecule has 4 rings (SSSR count). The molecule has 0 bridgehead atoms. The van der Waals surface area contributed by atoms with Crippen LogP contribution in [0.1, 0.15) is 24.0 Å². The number of aliphatic hydroxyl groups is 2. The van der Waals surface area contributed by atoms with Gasteiger partial charge >= 0.3 is 0 Å². The molecule has 130 valence electrons. The Balaban J connectivity index is 1.61. The van der Waals surface area contributed by atoms with Crippen molar-refractivity contribution in [3.8, 4) is 11.3 Å². The number of pyridine rings is 1. The quantitative estimate of drug-likeness (QED) is 0.768. The Morgan fingerprint density at radius 3 is 2.72 bits per heavy atom. The highest BCUT2D eigenvalue weighted by atomic mass is 16.3. The van der Waals surface area contributed by atoms with Gasteiger partial charge in [0.15, 0.2) is 0 Å². The summed E-state index contributed by atoms with van der Waals surface area (Å²) in [5.74, 6) is 0. The van der Waals surface area contributed by atoms with E-state index < -0.39 is 0 Å². The molecule has 0 amide bonds. The van der Waals surface area contributed by atoms with Crippen LogP contribution in [-0.2, 0) is 13.2 Å². The number of likely N-dealkylation sites (tertiary alicyclic amines) is 1. The average molecular weight is 337 g/mol. The molecule has 0 spiro atoms. The Morgan fingerprint density at radius 1 is 1.08 bits per heavy atom. The zero-order valence-electron chi connectivity index (χ0n) is 14.2. The third kappa shape index (κ3) is 3.44. The molecular weight excluding hydrogens is 314 g/mol. The van der Waals surface area contributed by atoms with Gasteiger partial charge < -0.3 is 10.2 Å². The molecule has 5 nitrogen and oxygen atoms in total. The van der Waals surface area contributed by atoms with Crippen LogP contribution in [-0.4, -0.2) is 43.7 Å². The molecular formula is C20H23N3O2. The van der Waals surface area contributed by atoms with Crippen molar-refractivity contribution in [3.63, 3.8) is 0 Å². The highest BCUT2D eigenvalue weighted by molar-refractivity contribution is 5.64. The summed E-state index contributed by atoms with van der Waals surface area (Å²) in [6, 6.07) is 12.4. The molecule has 1 aliphatic heterocycles. The maximum absolute atomic E-state index is 9.65. The fourth-order valence-electron chi connectivity index (χ4n) is 3.50. The van der Waals surface area contributed by atoms with Gasteiger partial charge in [-0.25, -0.2) is 4.98 Å². The maximum Gasteiger partial charge on any atom is 0.137 e. The maximum atomic E-state index is 9.65. The average Bonchev–Trinajstić information content (AvgIpc) is 3.07. The molecule has 1 fully saturated rings. The summed E-state index contributed by atoms with van der Waals surface area (Å²) in [6.45, 7) is 2.81. The first-order chi connectivity index (χ1) is 12.2. The number of fused-ring (bicyclic) bond motifs is 1. The Morgan fingerprint density at radius 2 is 1.92 bits per heavy atom. The SMILES string of the molecule is OCc1ccc2ncc(-c3cccc(CN4CCC(O)CC4)c3)n2c1. The molecule has 2 N–H and O–H groups in total. The van der Waals surface area contributed by atoms with E-state index in [9.17, 15) is 10.2 Å². The summed E-state index contributed by atoms with van der Waals surface area (Å²) >= 11 is 0. The second-order valence-corrected chi connectivity index (χ2v) is 6.77. The first kappa shape index (κ1) is 16.3. The van der Waals surface area contributed by atoms with Gasteiger partial charge in [-0.05, 0) is 36.1 Å². The van der Waals surface area contributed by atoms with Crippen LogP contribution in [0.25, 0.3) is 16.9 Å². The lowest BCUT2D eigenvalue weighted by atomic mass is 10.0. The minimum absolute atomic E-state index is 0.0222. The fraction of sp³-hybridized carbons (Fsp3) is 0.350. The van der Waals surface area contributed by atoms with E-state index in [1.54, 1.807) is 0 Å². The summed E-state index contributed by atoms with van der Waals surface area (Å²) in [4.78, 5) is 6.86. The zero-order valence-corrected chi connectivity index (χ0v) is 14.2. The Bertz CT molecular complexity index is 866. The van der Waals surface area contributed by atoms with E-state index in [1.807, 2.05) is 28.9 Å². The topological polar surface area (TPSA) is 61.0 Å². The van der Waals surface area contributed by atoms with Gasteiger partial charge in [-0.3, -0.25) is 9.30 Å². The van der Waals surface area contributed by atoms with Crippen LogP contribution in [0.5, 0.6) is 0 Å². The zero-order chi connectivity index (χ0) is 17.2. The van der Waals surface area contributed by atoms with Gasteiger partial charge in [-0.2, -0.15) is 0 Å². The van der Waals surface area contributed by atoms with E-state index in [0.29, 0.717) is 0 Å². The summed E-state index contributed by atoms with van der Waals surface area (Å²) in [5.41, 5.74) is 5.16. The number of benzene rings is 1. The van der Waals surface area contributed by atoms with Gasteiger partial charge in [0.25, 0.3) is 0 Å². The number of aromatic nitrogens is 2. The lowest BCUT2D eigenvalue weighted by molar-refractivity contribution is 0.0792. The smallest absolute Gasteiger partial charge is 0.137 e. The van der Waals surface area contributed by atoms with Crippen molar-refractivity contribution in [2.45, 2.75) is 32.1 Å². The molecule has 3 heterocycles. The van der Waals surface area contributed by atoms with Crippen LogP contribution in [0.15, 0.2) is 48.8 Å². The normalized spacial score (nSPS) is 16.6. The summed E-state index contributed by atoms with van der Waals surface area (Å²) in [5, 5.41) is 19.0. The van der Waals surface area contributed by atoms with Crippen LogP contribution < -0.4 is 0 Å². The van der Waals surface area contributed by atoms with Crippen LogP contribution in [0, 0.1) is 0 Å². The predicted molar refractivity (Wildman–Crippen MR) is 97.1 cm³/mol. The number of rotatable bonds is 4. The molecule has 1 aliphatic rings. The van der Waals surface area contributed by atoms with Crippen molar-refractivity contribution in [2.75, 3.05) is 13.1 Å². The fourth-order valence-corrected chi connectivity index (χ4v) is 3.50.